The molecule has 1 atom stereocenters. The third kappa shape index (κ3) is 2.92. The van der Waals surface area contributed by atoms with Crippen molar-refractivity contribution in [3.63, 3.8) is 0 Å². The zero-order valence-corrected chi connectivity index (χ0v) is 10.6. The summed E-state index contributed by atoms with van der Waals surface area (Å²) in [6.45, 7) is 0.710. The largest absolute Gasteiger partial charge is 0.593 e. The average Bonchev–Trinajstić information content (AvgIpc) is 2.54. The fraction of sp³-hybridized carbons (Fsp3) is 0.917. The normalized spacial score (nSPS) is 26.6. The highest BCUT2D eigenvalue weighted by Crippen LogP contribution is 2.27. The molecule has 0 bridgehead atoms. The number of nitrogens with zero attached hydrogens (tertiary/aromatic N) is 1. The summed E-state index contributed by atoms with van der Waals surface area (Å²) in [4.78, 5) is 11.8. The van der Waals surface area contributed by atoms with Gasteiger partial charge in [0.15, 0.2) is 0 Å². The van der Waals surface area contributed by atoms with Crippen LogP contribution in [0.1, 0.15) is 57.8 Å². The Kier molecular flexibility index (Phi) is 4.53. The number of hydrogen-bond donors (Lipinski definition) is 0. The van der Waals surface area contributed by atoms with Crippen LogP contribution in [0.15, 0.2) is 0 Å². The van der Waals surface area contributed by atoms with Crippen molar-refractivity contribution >= 4 is 17.3 Å². The number of rotatable bonds is 2. The summed E-state index contributed by atoms with van der Waals surface area (Å²) < 4.78 is 14.0. The molecule has 1 unspecified atom stereocenters. The van der Waals surface area contributed by atoms with Crippen molar-refractivity contribution < 1.29 is 9.35 Å². The summed E-state index contributed by atoms with van der Waals surface area (Å²) >= 11 is -1.05. The molecule has 2 rings (SSSR count). The van der Waals surface area contributed by atoms with E-state index in [0.717, 1.165) is 32.1 Å². The van der Waals surface area contributed by atoms with E-state index < -0.39 is 11.4 Å². The topological polar surface area (TPSA) is 43.4 Å². The minimum Gasteiger partial charge on any atom is -0.593 e. The zero-order valence-electron chi connectivity index (χ0n) is 9.82. The molecule has 0 radical (unpaired) electrons. The van der Waals surface area contributed by atoms with Crippen molar-refractivity contribution in [1.82, 2.24) is 4.31 Å². The lowest BCUT2D eigenvalue weighted by Gasteiger charge is -2.30. The molecule has 16 heavy (non-hydrogen) atoms. The van der Waals surface area contributed by atoms with Crippen LogP contribution in [0.25, 0.3) is 0 Å². The minimum absolute atomic E-state index is 0.112. The SMILES string of the molecule is O=C1CCCCCN1[S+]([O-])C1CCCCC1. The predicted octanol–water partition coefficient (Wildman–Crippen LogP) is 2.39. The van der Waals surface area contributed by atoms with Crippen LogP contribution in [-0.4, -0.2) is 26.6 Å². The van der Waals surface area contributed by atoms with E-state index in [1.54, 1.807) is 4.31 Å². The van der Waals surface area contributed by atoms with E-state index in [1.165, 1.54) is 19.3 Å². The third-order valence-electron chi connectivity index (χ3n) is 3.58. The van der Waals surface area contributed by atoms with E-state index in [4.69, 9.17) is 0 Å². The summed E-state index contributed by atoms with van der Waals surface area (Å²) in [5.74, 6) is 0.112. The Bertz CT molecular complexity index is 241. The molecule has 2 fully saturated rings. The van der Waals surface area contributed by atoms with Gasteiger partial charge >= 0.3 is 0 Å². The molecule has 3 nitrogen and oxygen atoms in total. The summed E-state index contributed by atoms with van der Waals surface area (Å²) in [7, 11) is 0. The summed E-state index contributed by atoms with van der Waals surface area (Å²) in [5.41, 5.74) is 0. The Morgan fingerprint density at radius 3 is 2.50 bits per heavy atom. The molecule has 92 valence electrons. The highest BCUT2D eigenvalue weighted by molar-refractivity contribution is 7.90. The maximum Gasteiger partial charge on any atom is 0.263 e. The van der Waals surface area contributed by atoms with Crippen molar-refractivity contribution in [2.24, 2.45) is 0 Å². The maximum atomic E-state index is 12.3. The van der Waals surface area contributed by atoms with Crippen LogP contribution >= 0.6 is 0 Å². The molecule has 0 N–H and O–H groups in total. The first-order chi connectivity index (χ1) is 7.79. The lowest BCUT2D eigenvalue weighted by atomic mass is 10.0. The Morgan fingerprint density at radius 2 is 1.75 bits per heavy atom. The molecule has 1 amide bonds. The van der Waals surface area contributed by atoms with Crippen LogP contribution in [0.2, 0.25) is 0 Å². The smallest absolute Gasteiger partial charge is 0.263 e. The van der Waals surface area contributed by atoms with Crippen LogP contribution in [0.3, 0.4) is 0 Å². The van der Waals surface area contributed by atoms with Crippen molar-refractivity contribution in [3.8, 4) is 0 Å². The van der Waals surface area contributed by atoms with Crippen molar-refractivity contribution in [2.75, 3.05) is 6.54 Å². The molecule has 4 heteroatoms. The molecule has 2 aliphatic rings. The number of amides is 1. The maximum absolute atomic E-state index is 12.3. The number of carbonyl (C=O) groups excluding carboxylic acids is 1. The van der Waals surface area contributed by atoms with E-state index in [9.17, 15) is 9.35 Å². The summed E-state index contributed by atoms with van der Waals surface area (Å²) in [6, 6.07) is 0. The molecule has 0 aromatic rings. The van der Waals surface area contributed by atoms with Gasteiger partial charge in [-0.2, -0.15) is 4.31 Å². The standard InChI is InChI=1S/C12H21NO2S/c14-12-9-5-2-6-10-13(12)16(15)11-7-3-1-4-8-11/h11H,1-10H2. The van der Waals surface area contributed by atoms with Gasteiger partial charge in [-0.25, -0.2) is 0 Å². The van der Waals surface area contributed by atoms with Gasteiger partial charge in [-0.15, -0.1) is 0 Å². The quantitative estimate of drug-likeness (QED) is 0.699. The van der Waals surface area contributed by atoms with Gasteiger partial charge in [0, 0.05) is 6.42 Å². The van der Waals surface area contributed by atoms with Crippen LogP contribution in [0.5, 0.6) is 0 Å². The molecule has 0 aromatic heterocycles. The number of hydrogen-bond acceptors (Lipinski definition) is 2. The Labute approximate surface area is 101 Å². The first-order valence-corrected chi connectivity index (χ1v) is 7.67. The van der Waals surface area contributed by atoms with Gasteiger partial charge < -0.3 is 4.55 Å². The van der Waals surface area contributed by atoms with Crippen LogP contribution < -0.4 is 0 Å². The van der Waals surface area contributed by atoms with Gasteiger partial charge in [-0.3, -0.25) is 4.79 Å². The Balaban J connectivity index is 1.95. The predicted molar refractivity (Wildman–Crippen MR) is 65.2 cm³/mol. The molecule has 1 saturated carbocycles. The Hall–Kier alpha value is -0.220. The average molecular weight is 243 g/mol. The molecule has 0 spiro atoms. The second-order valence-corrected chi connectivity index (χ2v) is 6.50. The number of carbonyl (C=O) groups is 1. The van der Waals surface area contributed by atoms with Gasteiger partial charge in [0.25, 0.3) is 5.91 Å². The molecule has 1 aliphatic heterocycles. The van der Waals surface area contributed by atoms with Crippen LogP contribution in [0, 0.1) is 0 Å². The zero-order chi connectivity index (χ0) is 11.4. The van der Waals surface area contributed by atoms with E-state index in [-0.39, 0.29) is 11.2 Å². The van der Waals surface area contributed by atoms with E-state index in [0.29, 0.717) is 13.0 Å². The van der Waals surface area contributed by atoms with Gasteiger partial charge in [-0.1, -0.05) is 12.8 Å². The molecule has 0 aromatic carbocycles. The van der Waals surface area contributed by atoms with Gasteiger partial charge in [0.2, 0.25) is 0 Å². The van der Waals surface area contributed by atoms with Crippen molar-refractivity contribution in [1.29, 1.82) is 0 Å². The third-order valence-corrected chi connectivity index (χ3v) is 5.45. The highest BCUT2D eigenvalue weighted by atomic mass is 32.2. The first kappa shape index (κ1) is 12.2. The van der Waals surface area contributed by atoms with Crippen LogP contribution in [-0.2, 0) is 16.2 Å². The molecule has 1 heterocycles. The molecular weight excluding hydrogens is 222 g/mol. The second kappa shape index (κ2) is 5.92. The summed E-state index contributed by atoms with van der Waals surface area (Å²) in [6.07, 6.45) is 9.38. The molecule has 1 aliphatic carbocycles. The fourth-order valence-electron chi connectivity index (χ4n) is 2.59. The monoisotopic (exact) mass is 243 g/mol. The fourth-order valence-corrected chi connectivity index (χ4v) is 4.29. The first-order valence-electron chi connectivity index (χ1n) is 6.50. The van der Waals surface area contributed by atoms with Gasteiger partial charge in [-0.05, 0) is 38.5 Å². The van der Waals surface area contributed by atoms with Crippen LogP contribution in [0.4, 0.5) is 0 Å². The summed E-state index contributed by atoms with van der Waals surface area (Å²) in [5, 5.41) is 0.246. The lowest BCUT2D eigenvalue weighted by Crippen LogP contribution is -2.43. The van der Waals surface area contributed by atoms with E-state index in [2.05, 4.69) is 0 Å². The molecule has 1 saturated heterocycles. The second-order valence-electron chi connectivity index (χ2n) is 4.84. The van der Waals surface area contributed by atoms with Gasteiger partial charge in [0.1, 0.15) is 5.25 Å². The highest BCUT2D eigenvalue weighted by Gasteiger charge is 2.34. The lowest BCUT2D eigenvalue weighted by molar-refractivity contribution is -0.126. The van der Waals surface area contributed by atoms with Crippen molar-refractivity contribution in [2.45, 2.75) is 63.0 Å². The minimum atomic E-state index is -1.05. The van der Waals surface area contributed by atoms with Crippen molar-refractivity contribution in [3.05, 3.63) is 0 Å². The van der Waals surface area contributed by atoms with E-state index in [1.807, 2.05) is 0 Å². The van der Waals surface area contributed by atoms with Gasteiger partial charge in [0.05, 0.1) is 17.9 Å². The molecular formula is C12H21NO2S. The van der Waals surface area contributed by atoms with E-state index >= 15 is 0 Å². The Morgan fingerprint density at radius 1 is 1.06 bits per heavy atom.